The lowest BCUT2D eigenvalue weighted by molar-refractivity contribution is 0.916. The SMILES string of the molecule is Cc1cc(=O)n2c(CN)csc2n1. The maximum atomic E-state index is 11.5. The lowest BCUT2D eigenvalue weighted by Crippen LogP contribution is -2.16. The Morgan fingerprint density at radius 2 is 2.46 bits per heavy atom. The van der Waals surface area contributed by atoms with Gasteiger partial charge in [-0.05, 0) is 6.92 Å². The number of thiazole rings is 1. The topological polar surface area (TPSA) is 60.4 Å². The largest absolute Gasteiger partial charge is 0.325 e. The van der Waals surface area contributed by atoms with Crippen LogP contribution in [0.5, 0.6) is 0 Å². The zero-order valence-corrected chi connectivity index (χ0v) is 7.97. The van der Waals surface area contributed by atoms with E-state index in [1.165, 1.54) is 17.4 Å². The maximum absolute atomic E-state index is 11.5. The number of nitrogens with zero attached hydrogens (tertiary/aromatic N) is 2. The van der Waals surface area contributed by atoms with Gasteiger partial charge in [-0.2, -0.15) is 0 Å². The van der Waals surface area contributed by atoms with Crippen LogP contribution in [-0.2, 0) is 6.54 Å². The van der Waals surface area contributed by atoms with Gasteiger partial charge in [-0.1, -0.05) is 0 Å². The minimum atomic E-state index is -0.0517. The molecule has 0 spiro atoms. The van der Waals surface area contributed by atoms with Crippen LogP contribution in [0, 0.1) is 6.92 Å². The van der Waals surface area contributed by atoms with Gasteiger partial charge in [0.25, 0.3) is 5.56 Å². The third-order valence-corrected chi connectivity index (χ3v) is 2.69. The first kappa shape index (κ1) is 8.40. The number of nitrogens with two attached hydrogens (primary N) is 1. The van der Waals surface area contributed by atoms with Gasteiger partial charge in [-0.15, -0.1) is 11.3 Å². The van der Waals surface area contributed by atoms with Crippen LogP contribution in [0.4, 0.5) is 0 Å². The van der Waals surface area contributed by atoms with Crippen molar-refractivity contribution in [2.24, 2.45) is 5.73 Å². The van der Waals surface area contributed by atoms with Crippen molar-refractivity contribution in [1.82, 2.24) is 9.38 Å². The first-order chi connectivity index (χ1) is 6.22. The van der Waals surface area contributed by atoms with Gasteiger partial charge in [-0.3, -0.25) is 9.20 Å². The first-order valence-corrected chi connectivity index (χ1v) is 4.77. The molecular formula is C8H9N3OS. The van der Waals surface area contributed by atoms with E-state index >= 15 is 0 Å². The van der Waals surface area contributed by atoms with Gasteiger partial charge < -0.3 is 5.73 Å². The predicted molar refractivity (Wildman–Crippen MR) is 52.0 cm³/mol. The molecule has 2 N–H and O–H groups in total. The second kappa shape index (κ2) is 2.93. The highest BCUT2D eigenvalue weighted by atomic mass is 32.1. The summed E-state index contributed by atoms with van der Waals surface area (Å²) in [5.41, 5.74) is 7.00. The summed E-state index contributed by atoms with van der Waals surface area (Å²) in [4.78, 5) is 16.5. The van der Waals surface area contributed by atoms with Crippen LogP contribution in [0.1, 0.15) is 11.4 Å². The Bertz CT molecular complexity index is 500. The fraction of sp³-hybridized carbons (Fsp3) is 0.250. The molecule has 2 aromatic heterocycles. The third kappa shape index (κ3) is 1.26. The van der Waals surface area contributed by atoms with E-state index in [-0.39, 0.29) is 5.56 Å². The Kier molecular flexibility index (Phi) is 1.90. The summed E-state index contributed by atoms with van der Waals surface area (Å²) in [5.74, 6) is 0. The van der Waals surface area contributed by atoms with Crippen LogP contribution >= 0.6 is 11.3 Å². The van der Waals surface area contributed by atoms with Crippen LogP contribution in [0.2, 0.25) is 0 Å². The average Bonchev–Trinajstić information content (AvgIpc) is 2.47. The molecule has 0 aliphatic heterocycles. The number of hydrogen-bond acceptors (Lipinski definition) is 4. The molecule has 0 aliphatic rings. The maximum Gasteiger partial charge on any atom is 0.258 e. The van der Waals surface area contributed by atoms with Crippen molar-refractivity contribution >= 4 is 16.3 Å². The Hall–Kier alpha value is -1.20. The fourth-order valence-corrected chi connectivity index (χ4v) is 2.18. The number of rotatable bonds is 1. The third-order valence-electron chi connectivity index (χ3n) is 1.81. The molecule has 0 unspecified atom stereocenters. The Morgan fingerprint density at radius 3 is 3.15 bits per heavy atom. The average molecular weight is 195 g/mol. The van der Waals surface area contributed by atoms with Crippen LogP contribution in [0.3, 0.4) is 0 Å². The molecule has 2 heterocycles. The minimum absolute atomic E-state index is 0.0517. The van der Waals surface area contributed by atoms with Crippen LogP contribution in [0.15, 0.2) is 16.2 Å². The monoisotopic (exact) mass is 195 g/mol. The van der Waals surface area contributed by atoms with E-state index in [1.54, 1.807) is 4.40 Å². The van der Waals surface area contributed by atoms with Crippen LogP contribution in [-0.4, -0.2) is 9.38 Å². The molecule has 0 bridgehead atoms. The van der Waals surface area contributed by atoms with Crippen LogP contribution < -0.4 is 11.3 Å². The quantitative estimate of drug-likeness (QED) is 0.721. The minimum Gasteiger partial charge on any atom is -0.325 e. The lowest BCUT2D eigenvalue weighted by atomic mass is 10.4. The van der Waals surface area contributed by atoms with Gasteiger partial charge in [0.15, 0.2) is 4.96 Å². The van der Waals surface area contributed by atoms with Crippen molar-refractivity contribution in [3.8, 4) is 0 Å². The van der Waals surface area contributed by atoms with E-state index in [9.17, 15) is 4.79 Å². The van der Waals surface area contributed by atoms with E-state index in [2.05, 4.69) is 4.98 Å². The molecular weight excluding hydrogens is 186 g/mol. The standard InChI is InChI=1S/C8H9N3OS/c1-5-2-7(12)11-6(3-9)4-13-8(11)10-5/h2,4H,3,9H2,1H3. The second-order valence-electron chi connectivity index (χ2n) is 2.78. The van der Waals surface area contributed by atoms with Crippen LogP contribution in [0.25, 0.3) is 4.96 Å². The molecule has 0 aromatic carbocycles. The van der Waals surface area contributed by atoms with Gasteiger partial charge in [0.05, 0.1) is 5.69 Å². The first-order valence-electron chi connectivity index (χ1n) is 3.89. The summed E-state index contributed by atoms with van der Waals surface area (Å²) in [7, 11) is 0. The Labute approximate surface area is 78.7 Å². The van der Waals surface area contributed by atoms with Gasteiger partial charge in [-0.25, -0.2) is 4.98 Å². The Balaban J connectivity index is 2.90. The molecule has 0 amide bonds. The molecule has 4 nitrogen and oxygen atoms in total. The highest BCUT2D eigenvalue weighted by Gasteiger charge is 2.05. The fourth-order valence-electron chi connectivity index (χ4n) is 1.23. The van der Waals surface area contributed by atoms with E-state index in [4.69, 9.17) is 5.73 Å². The van der Waals surface area contributed by atoms with Crippen molar-refractivity contribution in [1.29, 1.82) is 0 Å². The number of aryl methyl sites for hydroxylation is 1. The van der Waals surface area contributed by atoms with E-state index in [1.807, 2.05) is 12.3 Å². The highest BCUT2D eigenvalue weighted by molar-refractivity contribution is 7.15. The zero-order valence-electron chi connectivity index (χ0n) is 7.15. The highest BCUT2D eigenvalue weighted by Crippen LogP contribution is 2.11. The van der Waals surface area contributed by atoms with Crippen molar-refractivity contribution in [2.75, 3.05) is 0 Å². The molecule has 2 aromatic rings. The predicted octanol–water partition coefficient (Wildman–Crippen LogP) is 0.523. The summed E-state index contributed by atoms with van der Waals surface area (Å²) in [6, 6.07) is 1.51. The summed E-state index contributed by atoms with van der Waals surface area (Å²) in [6.45, 7) is 2.17. The van der Waals surface area contributed by atoms with Gasteiger partial charge >= 0.3 is 0 Å². The summed E-state index contributed by atoms with van der Waals surface area (Å²) in [5, 5.41) is 1.86. The lowest BCUT2D eigenvalue weighted by Gasteiger charge is -1.96. The number of fused-ring (bicyclic) bond motifs is 1. The summed E-state index contributed by atoms with van der Waals surface area (Å²) in [6.07, 6.45) is 0. The van der Waals surface area contributed by atoms with E-state index in [0.29, 0.717) is 11.5 Å². The van der Waals surface area contributed by atoms with E-state index < -0.39 is 0 Å². The molecule has 5 heteroatoms. The van der Waals surface area contributed by atoms with Gasteiger partial charge in [0, 0.05) is 23.7 Å². The Morgan fingerprint density at radius 1 is 1.69 bits per heavy atom. The summed E-state index contributed by atoms with van der Waals surface area (Å²) < 4.78 is 1.55. The number of aromatic nitrogens is 2. The zero-order chi connectivity index (χ0) is 9.42. The molecule has 0 fully saturated rings. The molecule has 0 saturated heterocycles. The van der Waals surface area contributed by atoms with Crippen molar-refractivity contribution in [3.63, 3.8) is 0 Å². The molecule has 68 valence electrons. The molecule has 2 rings (SSSR count). The van der Waals surface area contributed by atoms with Gasteiger partial charge in [0.1, 0.15) is 0 Å². The van der Waals surface area contributed by atoms with Crippen molar-refractivity contribution < 1.29 is 0 Å². The normalized spacial score (nSPS) is 10.9. The molecule has 0 saturated carbocycles. The van der Waals surface area contributed by atoms with Crippen molar-refractivity contribution in [3.05, 3.63) is 33.2 Å². The molecule has 0 atom stereocenters. The molecule has 0 radical (unpaired) electrons. The number of hydrogen-bond donors (Lipinski definition) is 1. The van der Waals surface area contributed by atoms with Gasteiger partial charge in [0.2, 0.25) is 0 Å². The van der Waals surface area contributed by atoms with Crippen molar-refractivity contribution in [2.45, 2.75) is 13.5 Å². The molecule has 0 aliphatic carbocycles. The smallest absolute Gasteiger partial charge is 0.258 e. The summed E-state index contributed by atoms with van der Waals surface area (Å²) >= 11 is 1.44. The molecule has 13 heavy (non-hydrogen) atoms. The second-order valence-corrected chi connectivity index (χ2v) is 3.62. The van der Waals surface area contributed by atoms with E-state index in [0.717, 1.165) is 11.4 Å².